The molecule has 0 aliphatic rings. The molecule has 2 rings (SSSR count). The van der Waals surface area contributed by atoms with Crippen LogP contribution in [0, 0.1) is 11.6 Å². The Hall–Kier alpha value is -2.57. The minimum Gasteiger partial charge on any atom is -0.472 e. The molecule has 0 aliphatic carbocycles. The summed E-state index contributed by atoms with van der Waals surface area (Å²) in [5.41, 5.74) is 5.14. The third kappa shape index (κ3) is 2.65. The van der Waals surface area contributed by atoms with Crippen LogP contribution in [-0.2, 0) is 6.61 Å². The number of carbonyl (C=O) groups is 1. The minimum atomic E-state index is -0.741. The van der Waals surface area contributed by atoms with Gasteiger partial charge in [-0.25, -0.2) is 18.7 Å². The molecule has 1 heterocycles. The van der Waals surface area contributed by atoms with Crippen LogP contribution in [0.1, 0.15) is 15.9 Å². The van der Waals surface area contributed by atoms with E-state index in [1.54, 1.807) is 0 Å². The highest BCUT2D eigenvalue weighted by Gasteiger charge is 2.13. The van der Waals surface area contributed by atoms with Crippen molar-refractivity contribution in [2.24, 2.45) is 0 Å². The summed E-state index contributed by atoms with van der Waals surface area (Å²) in [6.45, 7) is -0.407. The summed E-state index contributed by atoms with van der Waals surface area (Å²) >= 11 is 0. The first kappa shape index (κ1) is 12.9. The van der Waals surface area contributed by atoms with E-state index < -0.39 is 18.2 Å². The zero-order chi connectivity index (χ0) is 13.8. The molecule has 0 amide bonds. The average Bonchev–Trinajstić information content (AvgIpc) is 2.38. The van der Waals surface area contributed by atoms with E-state index in [-0.39, 0.29) is 22.8 Å². The molecule has 2 N–H and O–H groups in total. The van der Waals surface area contributed by atoms with Gasteiger partial charge >= 0.3 is 0 Å². The van der Waals surface area contributed by atoms with Gasteiger partial charge in [-0.1, -0.05) is 6.07 Å². The molecule has 98 valence electrons. The van der Waals surface area contributed by atoms with Gasteiger partial charge in [-0.15, -0.1) is 0 Å². The maximum atomic E-state index is 13.4. The quantitative estimate of drug-likeness (QED) is 0.852. The molecule has 0 fully saturated rings. The zero-order valence-electron chi connectivity index (χ0n) is 9.64. The number of hydrogen-bond donors (Lipinski definition) is 1. The molecule has 0 atom stereocenters. The van der Waals surface area contributed by atoms with E-state index in [2.05, 4.69) is 9.97 Å². The van der Waals surface area contributed by atoms with E-state index in [4.69, 9.17) is 10.5 Å². The van der Waals surface area contributed by atoms with Crippen LogP contribution < -0.4 is 10.5 Å². The van der Waals surface area contributed by atoms with Crippen LogP contribution in [0.2, 0.25) is 0 Å². The van der Waals surface area contributed by atoms with Crippen molar-refractivity contribution < 1.29 is 18.3 Å². The van der Waals surface area contributed by atoms with Crippen LogP contribution in [0.15, 0.2) is 24.5 Å². The molecular weight excluding hydrogens is 256 g/mol. The third-order valence-electron chi connectivity index (χ3n) is 2.41. The summed E-state index contributed by atoms with van der Waals surface area (Å²) in [7, 11) is 0. The molecule has 0 spiro atoms. The van der Waals surface area contributed by atoms with Gasteiger partial charge in [0.15, 0.2) is 6.29 Å². The Bertz CT molecular complexity index is 600. The fourth-order valence-electron chi connectivity index (χ4n) is 1.43. The number of aldehydes is 1. The number of nitrogens with zero attached hydrogens (tertiary/aromatic N) is 2. The summed E-state index contributed by atoms with van der Waals surface area (Å²) < 4.78 is 31.9. The first-order valence-corrected chi connectivity index (χ1v) is 5.24. The van der Waals surface area contributed by atoms with Gasteiger partial charge in [0.05, 0.1) is 5.56 Å². The predicted molar refractivity (Wildman–Crippen MR) is 62.5 cm³/mol. The molecule has 0 radical (unpaired) electrons. The molecule has 0 aliphatic heterocycles. The highest BCUT2D eigenvalue weighted by atomic mass is 19.1. The maximum Gasteiger partial charge on any atom is 0.229 e. The van der Waals surface area contributed by atoms with E-state index in [0.29, 0.717) is 6.29 Å². The first-order valence-electron chi connectivity index (χ1n) is 5.24. The molecule has 7 heteroatoms. The second-order valence-electron chi connectivity index (χ2n) is 3.58. The number of carbonyl (C=O) groups excluding carboxylic acids is 1. The lowest BCUT2D eigenvalue weighted by Gasteiger charge is -2.09. The van der Waals surface area contributed by atoms with Crippen LogP contribution in [0.25, 0.3) is 0 Å². The second kappa shape index (κ2) is 5.38. The van der Waals surface area contributed by atoms with E-state index in [0.717, 1.165) is 18.5 Å². The number of aromatic nitrogens is 2. The van der Waals surface area contributed by atoms with Gasteiger partial charge in [0.25, 0.3) is 0 Å². The highest BCUT2D eigenvalue weighted by molar-refractivity contribution is 5.84. The molecule has 19 heavy (non-hydrogen) atoms. The van der Waals surface area contributed by atoms with Gasteiger partial charge in [0.2, 0.25) is 5.88 Å². The zero-order valence-corrected chi connectivity index (χ0v) is 9.64. The third-order valence-corrected chi connectivity index (χ3v) is 2.41. The average molecular weight is 265 g/mol. The highest BCUT2D eigenvalue weighted by Crippen LogP contribution is 2.20. The topological polar surface area (TPSA) is 78.1 Å². The van der Waals surface area contributed by atoms with E-state index in [1.165, 1.54) is 6.07 Å². The number of nitrogens with two attached hydrogens (primary N) is 1. The maximum absolute atomic E-state index is 13.4. The van der Waals surface area contributed by atoms with Crippen molar-refractivity contribution >= 4 is 12.1 Å². The van der Waals surface area contributed by atoms with Gasteiger partial charge in [-0.2, -0.15) is 0 Å². The Balaban J connectivity index is 2.24. The lowest BCUT2D eigenvalue weighted by atomic mass is 10.2. The molecule has 0 saturated heterocycles. The van der Waals surface area contributed by atoms with Crippen molar-refractivity contribution in [3.05, 3.63) is 47.3 Å². The molecule has 5 nitrogen and oxygen atoms in total. The van der Waals surface area contributed by atoms with E-state index in [1.807, 2.05) is 0 Å². The molecule has 2 aromatic rings. The summed E-state index contributed by atoms with van der Waals surface area (Å²) in [4.78, 5) is 18.1. The molecule has 1 aromatic carbocycles. The van der Waals surface area contributed by atoms with Crippen molar-refractivity contribution in [1.82, 2.24) is 9.97 Å². The van der Waals surface area contributed by atoms with Crippen LogP contribution in [-0.4, -0.2) is 16.3 Å². The number of ether oxygens (including phenoxy) is 1. The van der Waals surface area contributed by atoms with Crippen LogP contribution >= 0.6 is 0 Å². The minimum absolute atomic E-state index is 0.0563. The fourth-order valence-corrected chi connectivity index (χ4v) is 1.43. The van der Waals surface area contributed by atoms with Crippen molar-refractivity contribution in [2.45, 2.75) is 6.61 Å². The Labute approximate surface area is 107 Å². The van der Waals surface area contributed by atoms with Gasteiger partial charge < -0.3 is 10.5 Å². The standard InChI is InChI=1S/C12H9F2N3O2/c13-9-2-1-3-10(14)8(9)5-19-12-7(4-18)11(15)16-6-17-12/h1-4,6H,5H2,(H2,15,16,17). The monoisotopic (exact) mass is 265 g/mol. The van der Waals surface area contributed by atoms with Gasteiger partial charge in [0, 0.05) is 0 Å². The largest absolute Gasteiger partial charge is 0.472 e. The number of rotatable bonds is 4. The summed E-state index contributed by atoms with van der Waals surface area (Å²) in [5, 5.41) is 0. The Morgan fingerprint density at radius 3 is 2.58 bits per heavy atom. The summed E-state index contributed by atoms with van der Waals surface area (Å²) in [5.74, 6) is -1.66. The normalized spacial score (nSPS) is 10.2. The first-order chi connectivity index (χ1) is 9.13. The number of benzene rings is 1. The van der Waals surface area contributed by atoms with E-state index in [9.17, 15) is 13.6 Å². The molecule has 0 bridgehead atoms. The lowest BCUT2D eigenvalue weighted by molar-refractivity contribution is 0.111. The Morgan fingerprint density at radius 2 is 1.95 bits per heavy atom. The molecule has 0 unspecified atom stereocenters. The number of nitrogen functional groups attached to an aromatic ring is 1. The molecule has 0 saturated carbocycles. The second-order valence-corrected chi connectivity index (χ2v) is 3.58. The van der Waals surface area contributed by atoms with Gasteiger partial charge in [-0.05, 0) is 12.1 Å². The Kier molecular flexibility index (Phi) is 3.65. The van der Waals surface area contributed by atoms with Crippen LogP contribution in [0.4, 0.5) is 14.6 Å². The smallest absolute Gasteiger partial charge is 0.229 e. The number of anilines is 1. The van der Waals surface area contributed by atoms with Crippen LogP contribution in [0.5, 0.6) is 5.88 Å². The van der Waals surface area contributed by atoms with Crippen molar-refractivity contribution in [3.63, 3.8) is 0 Å². The van der Waals surface area contributed by atoms with E-state index >= 15 is 0 Å². The SMILES string of the molecule is Nc1ncnc(OCc2c(F)cccc2F)c1C=O. The molecule has 1 aromatic heterocycles. The van der Waals surface area contributed by atoms with Gasteiger partial charge in [0.1, 0.15) is 35.9 Å². The Morgan fingerprint density at radius 1 is 1.26 bits per heavy atom. The van der Waals surface area contributed by atoms with Crippen molar-refractivity contribution in [1.29, 1.82) is 0 Å². The lowest BCUT2D eigenvalue weighted by Crippen LogP contribution is -2.07. The number of hydrogen-bond acceptors (Lipinski definition) is 5. The number of halogens is 2. The predicted octanol–water partition coefficient (Wildman–Crippen LogP) is 1.73. The summed E-state index contributed by atoms with van der Waals surface area (Å²) in [6.07, 6.45) is 1.51. The fraction of sp³-hybridized carbons (Fsp3) is 0.0833. The summed E-state index contributed by atoms with van der Waals surface area (Å²) in [6, 6.07) is 3.46. The van der Waals surface area contributed by atoms with Crippen molar-refractivity contribution in [3.8, 4) is 5.88 Å². The van der Waals surface area contributed by atoms with Crippen LogP contribution in [0.3, 0.4) is 0 Å². The van der Waals surface area contributed by atoms with Gasteiger partial charge in [-0.3, -0.25) is 4.79 Å². The van der Waals surface area contributed by atoms with Crippen molar-refractivity contribution in [2.75, 3.05) is 5.73 Å². The molecular formula is C12H9F2N3O2.